The quantitative estimate of drug-likeness (QED) is 0.736. The number of sulfonamides is 1. The molecule has 0 amide bonds. The first kappa shape index (κ1) is 19.5. The zero-order valence-electron chi connectivity index (χ0n) is 16.1. The van der Waals surface area contributed by atoms with Gasteiger partial charge in [-0.1, -0.05) is 24.3 Å². The number of nitrogens with zero attached hydrogens (tertiary/aromatic N) is 2. The summed E-state index contributed by atoms with van der Waals surface area (Å²) in [6.45, 7) is 0. The lowest BCUT2D eigenvalue weighted by molar-refractivity contribution is 0.0600. The van der Waals surface area contributed by atoms with Gasteiger partial charge in [0.2, 0.25) is 5.88 Å². The third kappa shape index (κ3) is 2.73. The second-order valence-electron chi connectivity index (χ2n) is 6.72. The van der Waals surface area contributed by atoms with Gasteiger partial charge >= 0.3 is 5.97 Å². The summed E-state index contributed by atoms with van der Waals surface area (Å²) in [7, 11) is -1.30. The van der Waals surface area contributed by atoms with E-state index in [1.54, 1.807) is 36.4 Å². The third-order valence-corrected chi connectivity index (χ3v) is 7.06. The van der Waals surface area contributed by atoms with E-state index in [1.807, 2.05) is 6.07 Å². The fourth-order valence-electron chi connectivity index (χ4n) is 3.66. The topological polar surface area (TPSA) is 123 Å². The molecule has 2 aromatic carbocycles. The van der Waals surface area contributed by atoms with E-state index < -0.39 is 21.9 Å². The van der Waals surface area contributed by atoms with Crippen molar-refractivity contribution in [3.05, 3.63) is 81.6 Å². The van der Waals surface area contributed by atoms with Crippen molar-refractivity contribution in [3.63, 3.8) is 0 Å². The Bertz CT molecular complexity index is 1270. The molecule has 0 saturated heterocycles. The van der Waals surface area contributed by atoms with Gasteiger partial charge in [0.25, 0.3) is 10.0 Å². The Hall–Kier alpha value is -3.77. The molecule has 2 aliphatic heterocycles. The van der Waals surface area contributed by atoms with E-state index in [4.69, 9.17) is 15.2 Å². The molecular formula is C21H17N3O5S. The van der Waals surface area contributed by atoms with Crippen molar-refractivity contribution in [1.82, 2.24) is 0 Å². The van der Waals surface area contributed by atoms with Crippen LogP contribution in [0.1, 0.15) is 27.4 Å². The highest BCUT2D eigenvalue weighted by atomic mass is 32.2. The molecule has 152 valence electrons. The Morgan fingerprint density at radius 1 is 1.20 bits per heavy atom. The van der Waals surface area contributed by atoms with E-state index in [0.29, 0.717) is 22.4 Å². The van der Waals surface area contributed by atoms with E-state index >= 15 is 0 Å². The molecule has 2 N–H and O–H groups in total. The normalized spacial score (nSPS) is 19.4. The van der Waals surface area contributed by atoms with Crippen LogP contribution < -0.4 is 10.0 Å². The number of ether oxygens (including phenoxy) is 2. The minimum absolute atomic E-state index is 0.0177. The van der Waals surface area contributed by atoms with E-state index in [9.17, 15) is 18.5 Å². The fourth-order valence-corrected chi connectivity index (χ4v) is 5.31. The first-order chi connectivity index (χ1) is 14.3. The molecule has 2 aliphatic rings. The lowest BCUT2D eigenvalue weighted by Crippen LogP contribution is -2.37. The summed E-state index contributed by atoms with van der Waals surface area (Å²) in [6, 6.07) is 15.0. The van der Waals surface area contributed by atoms with Gasteiger partial charge in [0.05, 0.1) is 24.3 Å². The van der Waals surface area contributed by atoms with Crippen molar-refractivity contribution in [3.8, 4) is 6.07 Å². The van der Waals surface area contributed by atoms with Gasteiger partial charge in [0, 0.05) is 12.6 Å². The van der Waals surface area contributed by atoms with Crippen molar-refractivity contribution in [2.24, 2.45) is 5.73 Å². The van der Waals surface area contributed by atoms with Crippen LogP contribution in [0.2, 0.25) is 0 Å². The molecule has 0 spiro atoms. The number of hydrogen-bond donors (Lipinski definition) is 1. The van der Waals surface area contributed by atoms with Gasteiger partial charge in [0.15, 0.2) is 5.76 Å². The Morgan fingerprint density at radius 3 is 2.50 bits per heavy atom. The first-order valence-corrected chi connectivity index (χ1v) is 10.3. The van der Waals surface area contributed by atoms with Gasteiger partial charge in [-0.25, -0.2) is 13.2 Å². The molecule has 1 atom stereocenters. The number of benzene rings is 2. The number of hydrogen-bond acceptors (Lipinski definition) is 7. The van der Waals surface area contributed by atoms with E-state index in [2.05, 4.69) is 0 Å². The minimum atomic E-state index is -4.02. The van der Waals surface area contributed by atoms with Crippen molar-refractivity contribution >= 4 is 27.4 Å². The van der Waals surface area contributed by atoms with Gasteiger partial charge in [-0.3, -0.25) is 4.31 Å². The summed E-state index contributed by atoms with van der Waals surface area (Å²) in [4.78, 5) is 11.7. The molecule has 0 radical (unpaired) electrons. The monoisotopic (exact) mass is 423 g/mol. The van der Waals surface area contributed by atoms with Gasteiger partial charge < -0.3 is 15.2 Å². The Morgan fingerprint density at radius 2 is 1.87 bits per heavy atom. The van der Waals surface area contributed by atoms with Crippen LogP contribution in [0, 0.1) is 11.3 Å². The largest absolute Gasteiger partial charge is 0.465 e. The number of fused-ring (bicyclic) bond motifs is 2. The minimum Gasteiger partial charge on any atom is -0.465 e. The highest BCUT2D eigenvalue weighted by Crippen LogP contribution is 2.50. The van der Waals surface area contributed by atoms with Gasteiger partial charge in [0.1, 0.15) is 16.5 Å². The van der Waals surface area contributed by atoms with Crippen molar-refractivity contribution in [2.45, 2.75) is 5.92 Å². The number of nitrogens with two attached hydrogens (primary N) is 1. The molecular weight excluding hydrogens is 406 g/mol. The van der Waals surface area contributed by atoms with Crippen LogP contribution in [-0.2, 0) is 19.5 Å². The molecule has 8 nitrogen and oxygen atoms in total. The summed E-state index contributed by atoms with van der Waals surface area (Å²) in [5, 5.41) is 9.72. The number of anilines is 1. The molecule has 4 rings (SSSR count). The summed E-state index contributed by atoms with van der Waals surface area (Å²) in [5.74, 6) is -1.57. The number of carbonyl (C=O) groups is 1. The van der Waals surface area contributed by atoms with Crippen LogP contribution in [0.5, 0.6) is 0 Å². The predicted octanol–water partition coefficient (Wildman–Crippen LogP) is 2.43. The molecule has 1 unspecified atom stereocenters. The fraction of sp³-hybridized carbons (Fsp3) is 0.143. The molecule has 2 aromatic rings. The first-order valence-electron chi connectivity index (χ1n) is 8.89. The van der Waals surface area contributed by atoms with Crippen LogP contribution in [0.25, 0.3) is 5.76 Å². The molecule has 9 heteroatoms. The number of esters is 1. The maximum Gasteiger partial charge on any atom is 0.337 e. The molecule has 0 aromatic heterocycles. The summed E-state index contributed by atoms with van der Waals surface area (Å²) >= 11 is 0. The van der Waals surface area contributed by atoms with Crippen molar-refractivity contribution in [2.75, 3.05) is 18.5 Å². The summed E-state index contributed by atoms with van der Waals surface area (Å²) in [6.07, 6.45) is 0. The van der Waals surface area contributed by atoms with Crippen LogP contribution in [0.3, 0.4) is 0 Å². The highest BCUT2D eigenvalue weighted by molar-refractivity contribution is 7.96. The number of methoxy groups -OCH3 is 1. The zero-order valence-corrected chi connectivity index (χ0v) is 16.9. The van der Waals surface area contributed by atoms with E-state index in [1.165, 1.54) is 26.3 Å². The van der Waals surface area contributed by atoms with E-state index in [0.717, 1.165) is 4.31 Å². The number of para-hydroxylation sites is 1. The van der Waals surface area contributed by atoms with Crippen LogP contribution in [0.15, 0.2) is 64.9 Å². The molecule has 30 heavy (non-hydrogen) atoms. The zero-order chi connectivity index (χ0) is 21.6. The standard InChI is InChI=1S/C21H17N3O5S/c1-24-16-6-4-3-5-14(16)18-19(30(24,26)27)17(15(11-22)20(23)29-18)12-7-9-13(10-8-12)21(25)28-2/h3-10,17H,23H2,1-2H3. The Labute approximate surface area is 173 Å². The molecule has 0 aliphatic carbocycles. The Kier molecular flexibility index (Phi) is 4.51. The smallest absolute Gasteiger partial charge is 0.337 e. The number of carbonyl (C=O) groups excluding carboxylic acids is 1. The number of allylic oxidation sites excluding steroid dienone is 2. The maximum absolute atomic E-state index is 13.4. The number of rotatable bonds is 2. The predicted molar refractivity (Wildman–Crippen MR) is 109 cm³/mol. The lowest BCUT2D eigenvalue weighted by Gasteiger charge is -2.36. The average Bonchev–Trinajstić information content (AvgIpc) is 2.76. The SMILES string of the molecule is COC(=O)c1ccc(C2C(C#N)=C(N)OC3=C2S(=O)(=O)N(C)c2ccccc23)cc1. The third-order valence-electron chi connectivity index (χ3n) is 5.16. The average molecular weight is 423 g/mol. The van der Waals surface area contributed by atoms with E-state index in [-0.39, 0.29) is 22.1 Å². The van der Waals surface area contributed by atoms with Crippen LogP contribution >= 0.6 is 0 Å². The number of nitriles is 1. The second kappa shape index (κ2) is 6.93. The van der Waals surface area contributed by atoms with Crippen LogP contribution in [0.4, 0.5) is 5.69 Å². The van der Waals surface area contributed by atoms with Gasteiger partial charge in [-0.15, -0.1) is 0 Å². The molecule has 0 fully saturated rings. The molecule has 2 heterocycles. The van der Waals surface area contributed by atoms with Crippen molar-refractivity contribution < 1.29 is 22.7 Å². The second-order valence-corrected chi connectivity index (χ2v) is 8.66. The lowest BCUT2D eigenvalue weighted by atomic mass is 9.88. The molecule has 0 saturated carbocycles. The molecule has 0 bridgehead atoms. The van der Waals surface area contributed by atoms with Crippen molar-refractivity contribution in [1.29, 1.82) is 5.26 Å². The summed E-state index contributed by atoms with van der Waals surface area (Å²) < 4.78 is 38.4. The van der Waals surface area contributed by atoms with Crippen LogP contribution in [-0.4, -0.2) is 28.5 Å². The maximum atomic E-state index is 13.4. The van der Waals surface area contributed by atoms with Gasteiger partial charge in [-0.2, -0.15) is 5.26 Å². The Balaban J connectivity index is 1.98. The van der Waals surface area contributed by atoms with Gasteiger partial charge in [-0.05, 0) is 29.8 Å². The summed E-state index contributed by atoms with van der Waals surface area (Å²) in [5.41, 5.74) is 7.79. The highest BCUT2D eigenvalue weighted by Gasteiger charge is 2.46.